The van der Waals surface area contributed by atoms with Crippen LogP contribution in [0.4, 0.5) is 0 Å². The van der Waals surface area contributed by atoms with Gasteiger partial charge in [-0.05, 0) is 60.2 Å². The standard InChI is InChI=1S/C26H28N2O6/c1-15-20(4-2-16-11-24(30)33-14-22(15)16)23(29)12-28-8-6-19(7-9-28)27-25(31)17-3-5-21-18(10-17)13-34-26(21)32/h2-5,10,19,23,29H,6-9,11-14H2,1H3,(H,27,31). The van der Waals surface area contributed by atoms with Crippen LogP contribution < -0.4 is 5.32 Å². The number of nitrogens with zero attached hydrogens (tertiary/aromatic N) is 1. The third-order valence-electron chi connectivity index (χ3n) is 7.11. The van der Waals surface area contributed by atoms with E-state index in [2.05, 4.69) is 10.2 Å². The average molecular weight is 465 g/mol. The SMILES string of the molecule is Cc1c(C(O)CN2CCC(NC(=O)c3ccc4c(c3)COC4=O)CC2)ccc2c1COC(=O)C2. The van der Waals surface area contributed by atoms with Gasteiger partial charge in [0.15, 0.2) is 0 Å². The van der Waals surface area contributed by atoms with Crippen molar-refractivity contribution in [2.24, 2.45) is 0 Å². The summed E-state index contributed by atoms with van der Waals surface area (Å²) in [4.78, 5) is 38.0. The molecule has 178 valence electrons. The number of aliphatic hydroxyl groups excluding tert-OH is 1. The van der Waals surface area contributed by atoms with E-state index in [1.165, 1.54) is 0 Å². The molecule has 8 nitrogen and oxygen atoms in total. The molecule has 0 bridgehead atoms. The molecular weight excluding hydrogens is 436 g/mol. The fourth-order valence-electron chi connectivity index (χ4n) is 5.06. The number of amides is 1. The first kappa shape index (κ1) is 22.6. The summed E-state index contributed by atoms with van der Waals surface area (Å²) in [5.74, 6) is -0.702. The van der Waals surface area contributed by atoms with Gasteiger partial charge in [-0.1, -0.05) is 12.1 Å². The predicted molar refractivity (Wildman–Crippen MR) is 122 cm³/mol. The van der Waals surface area contributed by atoms with Gasteiger partial charge in [0.1, 0.15) is 13.2 Å². The van der Waals surface area contributed by atoms with Crippen LogP contribution in [0.1, 0.15) is 67.5 Å². The summed E-state index contributed by atoms with van der Waals surface area (Å²) in [5.41, 5.74) is 5.63. The normalized spacial score (nSPS) is 19.1. The first-order valence-corrected chi connectivity index (χ1v) is 11.7. The van der Waals surface area contributed by atoms with E-state index >= 15 is 0 Å². The minimum absolute atomic E-state index is 0.0622. The van der Waals surface area contributed by atoms with E-state index in [0.29, 0.717) is 17.7 Å². The van der Waals surface area contributed by atoms with Crippen molar-refractivity contribution in [3.05, 3.63) is 69.3 Å². The van der Waals surface area contributed by atoms with Crippen molar-refractivity contribution in [1.82, 2.24) is 10.2 Å². The molecule has 2 aromatic carbocycles. The summed E-state index contributed by atoms with van der Waals surface area (Å²) in [5, 5.41) is 14.0. The van der Waals surface area contributed by atoms with Crippen LogP contribution >= 0.6 is 0 Å². The van der Waals surface area contributed by atoms with Crippen LogP contribution in [0, 0.1) is 6.92 Å². The summed E-state index contributed by atoms with van der Waals surface area (Å²) >= 11 is 0. The van der Waals surface area contributed by atoms with Crippen molar-refractivity contribution >= 4 is 17.8 Å². The highest BCUT2D eigenvalue weighted by atomic mass is 16.5. The van der Waals surface area contributed by atoms with Gasteiger partial charge in [-0.25, -0.2) is 4.79 Å². The van der Waals surface area contributed by atoms with Crippen LogP contribution in [0.25, 0.3) is 0 Å². The number of fused-ring (bicyclic) bond motifs is 2. The minimum Gasteiger partial charge on any atom is -0.461 e. The lowest BCUT2D eigenvalue weighted by Gasteiger charge is -2.34. The first-order valence-electron chi connectivity index (χ1n) is 11.7. The maximum Gasteiger partial charge on any atom is 0.338 e. The van der Waals surface area contributed by atoms with E-state index < -0.39 is 6.10 Å². The van der Waals surface area contributed by atoms with Crippen LogP contribution in [-0.4, -0.2) is 53.5 Å². The maximum absolute atomic E-state index is 12.7. The van der Waals surface area contributed by atoms with Gasteiger partial charge in [0.05, 0.1) is 18.1 Å². The van der Waals surface area contributed by atoms with Gasteiger partial charge in [0, 0.05) is 36.8 Å². The molecule has 0 aromatic heterocycles. The molecule has 2 N–H and O–H groups in total. The van der Waals surface area contributed by atoms with Crippen LogP contribution in [0.15, 0.2) is 30.3 Å². The summed E-state index contributed by atoms with van der Waals surface area (Å²) < 4.78 is 10.2. The average Bonchev–Trinajstić information content (AvgIpc) is 3.20. The number of likely N-dealkylation sites (tertiary alicyclic amines) is 1. The molecule has 3 heterocycles. The molecule has 0 spiro atoms. The van der Waals surface area contributed by atoms with Crippen molar-refractivity contribution < 1.29 is 29.0 Å². The lowest BCUT2D eigenvalue weighted by atomic mass is 9.91. The molecule has 8 heteroatoms. The zero-order valence-electron chi connectivity index (χ0n) is 19.1. The van der Waals surface area contributed by atoms with Crippen LogP contribution in [0.2, 0.25) is 0 Å². The highest BCUT2D eigenvalue weighted by Gasteiger charge is 2.27. The van der Waals surface area contributed by atoms with E-state index in [0.717, 1.165) is 53.7 Å². The van der Waals surface area contributed by atoms with Crippen molar-refractivity contribution in [3.63, 3.8) is 0 Å². The fraction of sp³-hybridized carbons (Fsp3) is 0.423. The Morgan fingerprint density at radius 1 is 1.12 bits per heavy atom. The molecule has 0 aliphatic carbocycles. The number of rotatable bonds is 5. The second-order valence-corrected chi connectivity index (χ2v) is 9.27. The highest BCUT2D eigenvalue weighted by Crippen LogP contribution is 2.29. The van der Waals surface area contributed by atoms with Crippen molar-refractivity contribution in [3.8, 4) is 0 Å². The number of hydrogen-bond donors (Lipinski definition) is 2. The molecule has 2 aromatic rings. The second-order valence-electron chi connectivity index (χ2n) is 9.27. The molecular formula is C26H28N2O6. The number of esters is 2. The van der Waals surface area contributed by atoms with E-state index in [9.17, 15) is 19.5 Å². The number of β-amino-alcohol motifs (C(OH)–C–C–N with tert-alkyl or cyclic N) is 1. The minimum atomic E-state index is -0.634. The molecule has 1 atom stereocenters. The Bertz CT molecular complexity index is 1150. The van der Waals surface area contributed by atoms with E-state index in [1.54, 1.807) is 18.2 Å². The molecule has 1 saturated heterocycles. The van der Waals surface area contributed by atoms with E-state index in [-0.39, 0.29) is 43.5 Å². The number of aliphatic hydroxyl groups is 1. The summed E-state index contributed by atoms with van der Waals surface area (Å²) in [6.07, 6.45) is 1.24. The predicted octanol–water partition coefficient (Wildman–Crippen LogP) is 2.19. The zero-order valence-corrected chi connectivity index (χ0v) is 19.1. The summed E-state index contributed by atoms with van der Waals surface area (Å²) in [6, 6.07) is 8.93. The Kier molecular flexibility index (Phi) is 6.10. The molecule has 1 unspecified atom stereocenters. The number of piperidine rings is 1. The van der Waals surface area contributed by atoms with Crippen molar-refractivity contribution in [2.75, 3.05) is 19.6 Å². The van der Waals surface area contributed by atoms with Crippen LogP contribution in [0.5, 0.6) is 0 Å². The number of ether oxygens (including phenoxy) is 2. The number of benzene rings is 2. The number of carbonyl (C=O) groups excluding carboxylic acids is 3. The molecule has 5 rings (SSSR count). The zero-order chi connectivity index (χ0) is 23.8. The van der Waals surface area contributed by atoms with E-state index in [4.69, 9.17) is 9.47 Å². The molecule has 1 amide bonds. The highest BCUT2D eigenvalue weighted by molar-refractivity contribution is 5.98. The topological polar surface area (TPSA) is 105 Å². The maximum atomic E-state index is 12.7. The Morgan fingerprint density at radius 3 is 2.71 bits per heavy atom. The summed E-state index contributed by atoms with van der Waals surface area (Å²) in [6.45, 7) is 4.51. The molecule has 1 fully saturated rings. The lowest BCUT2D eigenvalue weighted by molar-refractivity contribution is -0.145. The molecule has 34 heavy (non-hydrogen) atoms. The van der Waals surface area contributed by atoms with Crippen molar-refractivity contribution in [1.29, 1.82) is 0 Å². The van der Waals surface area contributed by atoms with Crippen LogP contribution in [0.3, 0.4) is 0 Å². The largest absolute Gasteiger partial charge is 0.461 e. The van der Waals surface area contributed by atoms with Gasteiger partial charge in [-0.3, -0.25) is 9.59 Å². The summed E-state index contributed by atoms with van der Waals surface area (Å²) in [7, 11) is 0. The number of nitrogens with one attached hydrogen (secondary N) is 1. The number of hydrogen-bond acceptors (Lipinski definition) is 7. The Balaban J connectivity index is 1.14. The fourth-order valence-corrected chi connectivity index (χ4v) is 5.06. The first-order chi connectivity index (χ1) is 16.4. The van der Waals surface area contributed by atoms with Gasteiger partial charge in [-0.2, -0.15) is 0 Å². The van der Waals surface area contributed by atoms with E-state index in [1.807, 2.05) is 19.1 Å². The molecule has 0 radical (unpaired) electrons. The van der Waals surface area contributed by atoms with Crippen molar-refractivity contribution in [2.45, 2.75) is 51.5 Å². The monoisotopic (exact) mass is 464 g/mol. The molecule has 3 aliphatic heterocycles. The third-order valence-corrected chi connectivity index (χ3v) is 7.11. The quantitative estimate of drug-likeness (QED) is 0.654. The number of carbonyl (C=O) groups is 3. The second kappa shape index (κ2) is 9.19. The van der Waals surface area contributed by atoms with Crippen LogP contribution in [-0.2, 0) is 33.9 Å². The Hall–Kier alpha value is -3.23. The Morgan fingerprint density at radius 2 is 1.91 bits per heavy atom. The smallest absolute Gasteiger partial charge is 0.338 e. The van der Waals surface area contributed by atoms with Gasteiger partial charge >= 0.3 is 11.9 Å². The Labute approximate surface area is 197 Å². The number of cyclic esters (lactones) is 2. The van der Waals surface area contributed by atoms with Gasteiger partial charge in [0.2, 0.25) is 0 Å². The third kappa shape index (κ3) is 4.43. The lowest BCUT2D eigenvalue weighted by Crippen LogP contribution is -2.45. The molecule has 3 aliphatic rings. The van der Waals surface area contributed by atoms with Gasteiger partial charge < -0.3 is 24.8 Å². The van der Waals surface area contributed by atoms with Gasteiger partial charge in [0.25, 0.3) is 5.91 Å². The van der Waals surface area contributed by atoms with Gasteiger partial charge in [-0.15, -0.1) is 0 Å². The molecule has 0 saturated carbocycles.